The first-order valence-corrected chi connectivity index (χ1v) is 7.60. The largest absolute Gasteiger partial charge is 0.370 e. The molecule has 2 aliphatic rings. The Morgan fingerprint density at radius 2 is 1.90 bits per heavy atom. The van der Waals surface area contributed by atoms with Crippen molar-refractivity contribution in [3.05, 3.63) is 40.0 Å². The van der Waals surface area contributed by atoms with Gasteiger partial charge in [0.15, 0.2) is 0 Å². The first kappa shape index (κ1) is 14.7. The van der Waals surface area contributed by atoms with Gasteiger partial charge in [0.1, 0.15) is 5.03 Å². The van der Waals surface area contributed by atoms with Crippen molar-refractivity contribution in [3.8, 4) is 0 Å². The fourth-order valence-electron chi connectivity index (χ4n) is 2.53. The van der Waals surface area contributed by atoms with E-state index < -0.39 is 0 Å². The van der Waals surface area contributed by atoms with Crippen LogP contribution < -0.4 is 15.8 Å². The average Bonchev–Trinajstić information content (AvgIpc) is 2.51. The molecule has 2 heterocycles. The Hall–Kier alpha value is -1.27. The van der Waals surface area contributed by atoms with Crippen LogP contribution in [0.5, 0.6) is 0 Å². The summed E-state index contributed by atoms with van der Waals surface area (Å²) in [5.41, 5.74) is 4.66. The average molecular weight is 327 g/mol. The molecule has 7 heteroatoms. The Bertz CT molecular complexity index is 584. The van der Waals surface area contributed by atoms with Gasteiger partial charge >= 0.3 is 0 Å². The van der Waals surface area contributed by atoms with Gasteiger partial charge in [-0.1, -0.05) is 29.3 Å². The number of nitrogens with zero attached hydrogens (tertiary/aromatic N) is 2. The van der Waals surface area contributed by atoms with E-state index in [2.05, 4.69) is 15.6 Å². The van der Waals surface area contributed by atoms with Crippen molar-refractivity contribution in [2.75, 3.05) is 37.7 Å². The molecule has 0 atom stereocenters. The molecule has 0 radical (unpaired) electrons. The number of rotatable bonds is 2. The van der Waals surface area contributed by atoms with Crippen molar-refractivity contribution >= 4 is 34.8 Å². The molecule has 1 aromatic carbocycles. The second-order valence-corrected chi connectivity index (χ2v) is 5.77. The summed E-state index contributed by atoms with van der Waals surface area (Å²) in [7, 11) is 0. The van der Waals surface area contributed by atoms with E-state index in [-0.39, 0.29) is 10.9 Å². The second kappa shape index (κ2) is 6.23. The Balaban J connectivity index is 1.84. The zero-order valence-corrected chi connectivity index (χ0v) is 12.9. The van der Waals surface area contributed by atoms with Gasteiger partial charge in [0, 0.05) is 31.2 Å². The zero-order chi connectivity index (χ0) is 14.8. The summed E-state index contributed by atoms with van der Waals surface area (Å²) in [5, 5.41) is 5.58. The van der Waals surface area contributed by atoms with Crippen LogP contribution in [-0.2, 0) is 4.79 Å². The molecule has 3 rings (SSSR count). The lowest BCUT2D eigenvalue weighted by Gasteiger charge is -2.37. The van der Waals surface area contributed by atoms with Gasteiger partial charge in [0.05, 0.1) is 17.9 Å². The van der Waals surface area contributed by atoms with Crippen molar-refractivity contribution < 1.29 is 4.79 Å². The smallest absolute Gasteiger partial charge is 0.286 e. The number of piperazine rings is 1. The van der Waals surface area contributed by atoms with Crippen LogP contribution in [0.15, 0.2) is 35.0 Å². The van der Waals surface area contributed by atoms with Gasteiger partial charge in [0.25, 0.3) is 5.91 Å². The minimum atomic E-state index is -0.251. The van der Waals surface area contributed by atoms with Crippen molar-refractivity contribution in [2.24, 2.45) is 0 Å². The third-order valence-corrected chi connectivity index (χ3v) is 4.23. The normalized spacial score (nSPS) is 20.2. The number of hydrogen-bond donors (Lipinski definition) is 2. The number of nitrogens with one attached hydrogen (secondary N) is 2. The molecule has 1 amide bonds. The van der Waals surface area contributed by atoms with Gasteiger partial charge in [-0.05, 0) is 18.2 Å². The molecule has 112 valence electrons. The standard InChI is InChI=1S/C14H16Cl2N4O/c15-10-2-1-3-11(8-10)20-14(21)13(16)12(9-18-20)19-6-4-17-5-7-19/h1-3,8,17-18H,4-7,9H2. The highest BCUT2D eigenvalue weighted by Gasteiger charge is 2.30. The Labute approximate surface area is 133 Å². The number of benzene rings is 1. The minimum Gasteiger partial charge on any atom is -0.370 e. The number of hydrazine groups is 1. The summed E-state index contributed by atoms with van der Waals surface area (Å²) in [5.74, 6) is -0.251. The molecule has 2 N–H and O–H groups in total. The van der Waals surface area contributed by atoms with E-state index in [4.69, 9.17) is 23.2 Å². The lowest BCUT2D eigenvalue weighted by atomic mass is 10.2. The van der Waals surface area contributed by atoms with E-state index in [1.165, 1.54) is 5.01 Å². The fourth-order valence-corrected chi connectivity index (χ4v) is 2.99. The molecule has 1 aromatic rings. The molecule has 2 aliphatic heterocycles. The molecule has 5 nitrogen and oxygen atoms in total. The SMILES string of the molecule is O=C1C(Cl)=C(N2CCNCC2)CNN1c1cccc(Cl)c1. The molecule has 0 saturated carbocycles. The third-order valence-electron chi connectivity index (χ3n) is 3.61. The highest BCUT2D eigenvalue weighted by molar-refractivity contribution is 6.44. The summed E-state index contributed by atoms with van der Waals surface area (Å²) in [4.78, 5) is 14.6. The first-order valence-electron chi connectivity index (χ1n) is 6.84. The van der Waals surface area contributed by atoms with Gasteiger partial charge in [0.2, 0.25) is 0 Å². The summed E-state index contributed by atoms with van der Waals surface area (Å²) in [6, 6.07) is 7.11. The molecule has 0 unspecified atom stereocenters. The second-order valence-electron chi connectivity index (χ2n) is 4.95. The number of hydrogen-bond acceptors (Lipinski definition) is 4. The van der Waals surface area contributed by atoms with Gasteiger partial charge in [-0.2, -0.15) is 0 Å². The van der Waals surface area contributed by atoms with Crippen LogP contribution in [0.2, 0.25) is 5.02 Å². The molecule has 1 saturated heterocycles. The van der Waals surface area contributed by atoms with E-state index >= 15 is 0 Å². The van der Waals surface area contributed by atoms with Crippen molar-refractivity contribution in [1.82, 2.24) is 15.6 Å². The third kappa shape index (κ3) is 3.01. The molecule has 1 fully saturated rings. The summed E-state index contributed by atoms with van der Waals surface area (Å²) < 4.78 is 0. The maximum absolute atomic E-state index is 12.5. The quantitative estimate of drug-likeness (QED) is 0.865. The van der Waals surface area contributed by atoms with Crippen LogP contribution >= 0.6 is 23.2 Å². The van der Waals surface area contributed by atoms with Gasteiger partial charge in [-0.15, -0.1) is 0 Å². The van der Waals surface area contributed by atoms with Crippen molar-refractivity contribution in [1.29, 1.82) is 0 Å². The van der Waals surface area contributed by atoms with E-state index in [9.17, 15) is 4.79 Å². The number of carbonyl (C=O) groups excluding carboxylic acids is 1. The predicted octanol–water partition coefficient (Wildman–Crippen LogP) is 1.55. The summed E-state index contributed by atoms with van der Waals surface area (Å²) >= 11 is 12.3. The lowest BCUT2D eigenvalue weighted by molar-refractivity contribution is -0.115. The van der Waals surface area contributed by atoms with Crippen LogP contribution in [-0.4, -0.2) is 43.5 Å². The summed E-state index contributed by atoms with van der Waals surface area (Å²) in [6.45, 7) is 4.05. The van der Waals surface area contributed by atoms with E-state index in [0.717, 1.165) is 31.9 Å². The van der Waals surface area contributed by atoms with Crippen LogP contribution in [0.25, 0.3) is 0 Å². The molecule has 0 bridgehead atoms. The monoisotopic (exact) mass is 326 g/mol. The topological polar surface area (TPSA) is 47.6 Å². The Kier molecular flexibility index (Phi) is 4.35. The molecule has 0 spiro atoms. The fraction of sp³-hybridized carbons (Fsp3) is 0.357. The number of amides is 1. The van der Waals surface area contributed by atoms with Crippen molar-refractivity contribution in [2.45, 2.75) is 0 Å². The molecular formula is C14H16Cl2N4O. The zero-order valence-electron chi connectivity index (χ0n) is 11.4. The van der Waals surface area contributed by atoms with E-state index in [1.54, 1.807) is 18.2 Å². The highest BCUT2D eigenvalue weighted by atomic mass is 35.5. The Morgan fingerprint density at radius 1 is 1.14 bits per heavy atom. The minimum absolute atomic E-state index is 0.251. The van der Waals surface area contributed by atoms with Crippen LogP contribution in [0.4, 0.5) is 5.69 Å². The molecule has 0 aromatic heterocycles. The maximum Gasteiger partial charge on any atom is 0.286 e. The van der Waals surface area contributed by atoms with E-state index in [1.807, 2.05) is 6.07 Å². The molecule has 0 aliphatic carbocycles. The van der Waals surface area contributed by atoms with E-state index in [0.29, 0.717) is 17.3 Å². The van der Waals surface area contributed by atoms with Crippen LogP contribution in [0, 0.1) is 0 Å². The van der Waals surface area contributed by atoms with Crippen molar-refractivity contribution in [3.63, 3.8) is 0 Å². The number of halogens is 2. The van der Waals surface area contributed by atoms with Gasteiger partial charge in [-0.25, -0.2) is 10.4 Å². The van der Waals surface area contributed by atoms with Crippen LogP contribution in [0.3, 0.4) is 0 Å². The lowest BCUT2D eigenvalue weighted by Crippen LogP contribution is -2.53. The first-order chi connectivity index (χ1) is 10.2. The highest BCUT2D eigenvalue weighted by Crippen LogP contribution is 2.26. The summed E-state index contributed by atoms with van der Waals surface area (Å²) in [6.07, 6.45) is 0. The number of anilines is 1. The predicted molar refractivity (Wildman–Crippen MR) is 84.3 cm³/mol. The van der Waals surface area contributed by atoms with Gasteiger partial charge in [-0.3, -0.25) is 4.79 Å². The van der Waals surface area contributed by atoms with Crippen LogP contribution in [0.1, 0.15) is 0 Å². The maximum atomic E-state index is 12.5. The number of carbonyl (C=O) groups is 1. The Morgan fingerprint density at radius 3 is 2.62 bits per heavy atom. The van der Waals surface area contributed by atoms with Gasteiger partial charge < -0.3 is 10.2 Å². The molecule has 21 heavy (non-hydrogen) atoms. The molecular weight excluding hydrogens is 311 g/mol.